The molecule has 1 aliphatic rings. The summed E-state index contributed by atoms with van der Waals surface area (Å²) < 4.78 is 17.9. The standard InChI is InChI=1S/C17H34O4Si/c1-12(2)10-14-15(21-17(6,7)20-14)13(18)11-19-22(8,9)16(3,4)5/h10,13-15,18H,11H2,1-9H3/t13?,14-,15+/m0/s1. The topological polar surface area (TPSA) is 47.9 Å². The fourth-order valence-corrected chi connectivity index (χ4v) is 3.20. The van der Waals surface area contributed by atoms with Crippen molar-refractivity contribution in [3.63, 3.8) is 0 Å². The normalized spacial score (nSPS) is 26.8. The van der Waals surface area contributed by atoms with Gasteiger partial charge in [0.25, 0.3) is 0 Å². The van der Waals surface area contributed by atoms with E-state index < -0.39 is 26.3 Å². The van der Waals surface area contributed by atoms with Crippen molar-refractivity contribution in [3.05, 3.63) is 11.6 Å². The fourth-order valence-electron chi connectivity index (χ4n) is 2.18. The van der Waals surface area contributed by atoms with Crippen molar-refractivity contribution in [1.29, 1.82) is 0 Å². The molecule has 1 unspecified atom stereocenters. The lowest BCUT2D eigenvalue weighted by atomic mass is 10.1. The van der Waals surface area contributed by atoms with Crippen LogP contribution in [-0.2, 0) is 13.9 Å². The molecule has 1 aliphatic heterocycles. The van der Waals surface area contributed by atoms with Crippen LogP contribution in [0.2, 0.25) is 18.1 Å². The molecule has 0 radical (unpaired) electrons. The van der Waals surface area contributed by atoms with Crippen molar-refractivity contribution in [1.82, 2.24) is 0 Å². The second kappa shape index (κ2) is 6.73. The van der Waals surface area contributed by atoms with E-state index in [0.717, 1.165) is 5.57 Å². The van der Waals surface area contributed by atoms with E-state index in [-0.39, 0.29) is 17.7 Å². The van der Waals surface area contributed by atoms with Crippen molar-refractivity contribution >= 4 is 8.32 Å². The number of allylic oxidation sites excluding steroid dienone is 1. The van der Waals surface area contributed by atoms with Crippen LogP contribution in [0.5, 0.6) is 0 Å². The van der Waals surface area contributed by atoms with E-state index in [2.05, 4.69) is 33.9 Å². The van der Waals surface area contributed by atoms with Gasteiger partial charge < -0.3 is 19.0 Å². The molecule has 0 aliphatic carbocycles. The molecule has 22 heavy (non-hydrogen) atoms. The molecule has 0 bridgehead atoms. The number of rotatable bonds is 5. The number of hydrogen-bond acceptors (Lipinski definition) is 4. The number of aliphatic hydroxyl groups is 1. The third-order valence-electron chi connectivity index (χ3n) is 4.46. The Morgan fingerprint density at radius 2 is 1.82 bits per heavy atom. The molecule has 1 heterocycles. The lowest BCUT2D eigenvalue weighted by Gasteiger charge is -2.37. The molecule has 130 valence electrons. The van der Waals surface area contributed by atoms with Crippen molar-refractivity contribution < 1.29 is 19.0 Å². The molecule has 1 saturated heterocycles. The first kappa shape index (κ1) is 19.8. The highest BCUT2D eigenvalue weighted by Crippen LogP contribution is 2.37. The van der Waals surface area contributed by atoms with Gasteiger partial charge in [-0.05, 0) is 45.8 Å². The van der Waals surface area contributed by atoms with Gasteiger partial charge in [-0.15, -0.1) is 0 Å². The van der Waals surface area contributed by atoms with Gasteiger partial charge in [-0.25, -0.2) is 0 Å². The molecule has 5 heteroatoms. The Morgan fingerprint density at radius 1 is 1.27 bits per heavy atom. The largest absolute Gasteiger partial charge is 0.414 e. The van der Waals surface area contributed by atoms with E-state index in [1.54, 1.807) is 0 Å². The molecule has 0 amide bonds. The Kier molecular flexibility index (Phi) is 6.07. The van der Waals surface area contributed by atoms with Crippen LogP contribution in [0.15, 0.2) is 11.6 Å². The maximum Gasteiger partial charge on any atom is 0.192 e. The van der Waals surface area contributed by atoms with Crippen LogP contribution < -0.4 is 0 Å². The summed E-state index contributed by atoms with van der Waals surface area (Å²) in [5.74, 6) is -0.681. The minimum absolute atomic E-state index is 0.123. The van der Waals surface area contributed by atoms with Crippen LogP contribution in [0.1, 0.15) is 48.5 Å². The molecule has 0 spiro atoms. The number of aliphatic hydroxyl groups excluding tert-OH is 1. The minimum Gasteiger partial charge on any atom is -0.414 e. The summed E-state index contributed by atoms with van der Waals surface area (Å²) in [6, 6.07) is 0. The first-order valence-corrected chi connectivity index (χ1v) is 11.0. The highest BCUT2D eigenvalue weighted by molar-refractivity contribution is 6.74. The van der Waals surface area contributed by atoms with Crippen LogP contribution in [0, 0.1) is 0 Å². The summed E-state index contributed by atoms with van der Waals surface area (Å²) >= 11 is 0. The minimum atomic E-state index is -1.88. The first-order chi connectivity index (χ1) is 9.75. The lowest BCUT2D eigenvalue weighted by molar-refractivity contribution is -0.155. The summed E-state index contributed by atoms with van der Waals surface area (Å²) in [5, 5.41) is 10.7. The quantitative estimate of drug-likeness (QED) is 0.614. The van der Waals surface area contributed by atoms with Crippen LogP contribution in [0.3, 0.4) is 0 Å². The maximum absolute atomic E-state index is 10.6. The molecule has 1 rings (SSSR count). The van der Waals surface area contributed by atoms with E-state index in [0.29, 0.717) is 0 Å². The zero-order valence-corrected chi connectivity index (χ0v) is 16.7. The van der Waals surface area contributed by atoms with Gasteiger partial charge in [-0.1, -0.05) is 32.4 Å². The van der Waals surface area contributed by atoms with Gasteiger partial charge in [0.05, 0.1) is 6.61 Å². The Morgan fingerprint density at radius 3 is 2.27 bits per heavy atom. The highest BCUT2D eigenvalue weighted by atomic mass is 28.4. The van der Waals surface area contributed by atoms with E-state index in [1.165, 1.54) is 0 Å². The van der Waals surface area contributed by atoms with E-state index in [4.69, 9.17) is 13.9 Å². The van der Waals surface area contributed by atoms with Gasteiger partial charge in [0.15, 0.2) is 14.1 Å². The summed E-state index contributed by atoms with van der Waals surface area (Å²) in [7, 11) is -1.88. The number of ether oxygens (including phenoxy) is 2. The molecule has 0 aromatic carbocycles. The molecule has 1 N–H and O–H groups in total. The van der Waals surface area contributed by atoms with Gasteiger partial charge >= 0.3 is 0 Å². The van der Waals surface area contributed by atoms with E-state index in [1.807, 2.05) is 33.8 Å². The van der Waals surface area contributed by atoms with Crippen molar-refractivity contribution in [2.24, 2.45) is 0 Å². The molecular formula is C17H34O4Si. The Balaban J connectivity index is 2.75. The second-order valence-corrected chi connectivity index (χ2v) is 13.3. The van der Waals surface area contributed by atoms with Crippen LogP contribution in [0.25, 0.3) is 0 Å². The van der Waals surface area contributed by atoms with Crippen LogP contribution >= 0.6 is 0 Å². The Bertz CT molecular complexity index is 405. The van der Waals surface area contributed by atoms with Crippen molar-refractivity contribution in [2.75, 3.05) is 6.61 Å². The first-order valence-electron chi connectivity index (χ1n) is 8.08. The summed E-state index contributed by atoms with van der Waals surface area (Å²) in [4.78, 5) is 0. The second-order valence-electron chi connectivity index (χ2n) is 8.45. The summed E-state index contributed by atoms with van der Waals surface area (Å²) in [5.41, 5.74) is 1.15. The predicted octanol–water partition coefficient (Wildman–Crippen LogP) is 3.86. The highest BCUT2D eigenvalue weighted by Gasteiger charge is 2.45. The van der Waals surface area contributed by atoms with Gasteiger partial charge in [-0.2, -0.15) is 0 Å². The smallest absolute Gasteiger partial charge is 0.192 e. The average Bonchev–Trinajstić information content (AvgIpc) is 2.59. The third kappa shape index (κ3) is 5.17. The molecule has 1 fully saturated rings. The zero-order chi connectivity index (χ0) is 17.3. The Hall–Kier alpha value is -0.203. The summed E-state index contributed by atoms with van der Waals surface area (Å²) in [6.07, 6.45) is 0.679. The predicted molar refractivity (Wildman–Crippen MR) is 92.4 cm³/mol. The molecule has 0 saturated carbocycles. The third-order valence-corrected chi connectivity index (χ3v) is 8.96. The lowest BCUT2D eigenvalue weighted by Crippen LogP contribution is -2.46. The average molecular weight is 331 g/mol. The van der Waals surface area contributed by atoms with Gasteiger partial charge in [0.2, 0.25) is 0 Å². The Labute approximate surface area is 137 Å². The maximum atomic E-state index is 10.6. The molecule has 3 atom stereocenters. The van der Waals surface area contributed by atoms with Gasteiger partial charge in [0.1, 0.15) is 18.3 Å². The summed E-state index contributed by atoms with van der Waals surface area (Å²) in [6.45, 7) is 19.0. The monoisotopic (exact) mass is 330 g/mol. The van der Waals surface area contributed by atoms with E-state index in [9.17, 15) is 5.11 Å². The van der Waals surface area contributed by atoms with E-state index >= 15 is 0 Å². The molecule has 4 nitrogen and oxygen atoms in total. The van der Waals surface area contributed by atoms with Crippen LogP contribution in [0.4, 0.5) is 0 Å². The number of hydrogen-bond donors (Lipinski definition) is 1. The van der Waals surface area contributed by atoms with Crippen molar-refractivity contribution in [2.45, 2.75) is 90.7 Å². The molecule has 0 aromatic rings. The SMILES string of the molecule is CC(C)=C[C@@H]1OC(C)(C)O[C@@H]1C(O)CO[Si](C)(C)C(C)(C)C. The fraction of sp³-hybridized carbons (Fsp3) is 0.882. The van der Waals surface area contributed by atoms with Crippen molar-refractivity contribution in [3.8, 4) is 0 Å². The molecule has 0 aromatic heterocycles. The van der Waals surface area contributed by atoms with Gasteiger partial charge in [-0.3, -0.25) is 0 Å². The van der Waals surface area contributed by atoms with Gasteiger partial charge in [0, 0.05) is 0 Å². The zero-order valence-electron chi connectivity index (χ0n) is 15.7. The van der Waals surface area contributed by atoms with Crippen LogP contribution in [-0.4, -0.2) is 44.1 Å². The molecular weight excluding hydrogens is 296 g/mol.